The third kappa shape index (κ3) is 3.42. The number of rotatable bonds is 5. The summed E-state index contributed by atoms with van der Waals surface area (Å²) in [6.45, 7) is 1.84. The topological polar surface area (TPSA) is 75.1 Å². The fourth-order valence-electron chi connectivity index (χ4n) is 3.23. The van der Waals surface area contributed by atoms with Crippen molar-refractivity contribution in [1.82, 2.24) is 9.97 Å². The van der Waals surface area contributed by atoms with E-state index >= 15 is 0 Å². The number of amides is 1. The van der Waals surface area contributed by atoms with E-state index in [1.54, 1.807) is 0 Å². The largest absolute Gasteiger partial charge is 0.389 e. The molecule has 4 rings (SSSR count). The molecule has 134 valence electrons. The van der Waals surface area contributed by atoms with Gasteiger partial charge in [0.05, 0.1) is 22.9 Å². The molecule has 0 unspecified atom stereocenters. The number of carbonyl (C=O) groups excluding carboxylic acids is 1. The van der Waals surface area contributed by atoms with Gasteiger partial charge in [0, 0.05) is 11.3 Å². The Morgan fingerprint density at radius 2 is 2.04 bits per heavy atom. The van der Waals surface area contributed by atoms with Gasteiger partial charge >= 0.3 is 0 Å². The quantitative estimate of drug-likeness (QED) is 0.690. The van der Waals surface area contributed by atoms with Crippen LogP contribution in [0.4, 0.5) is 5.13 Å². The third-order valence-electron chi connectivity index (χ3n) is 4.72. The molecule has 0 aliphatic heterocycles. The summed E-state index contributed by atoms with van der Waals surface area (Å²) in [7, 11) is 0. The van der Waals surface area contributed by atoms with Crippen molar-refractivity contribution < 1.29 is 9.90 Å². The Morgan fingerprint density at radius 1 is 1.27 bits per heavy atom. The van der Waals surface area contributed by atoms with Crippen LogP contribution in [0.25, 0.3) is 10.6 Å². The lowest BCUT2D eigenvalue weighted by Gasteiger charge is -2.34. The maximum absolute atomic E-state index is 12.4. The molecule has 1 amide bonds. The molecule has 1 aliphatic rings. The minimum absolute atomic E-state index is 0.0511. The molecule has 1 aliphatic carbocycles. The molecule has 7 heteroatoms. The Labute approximate surface area is 159 Å². The number of aromatic nitrogens is 2. The number of aliphatic hydroxyl groups excluding tert-OH is 1. The zero-order valence-corrected chi connectivity index (χ0v) is 15.9. The van der Waals surface area contributed by atoms with Gasteiger partial charge in [-0.25, -0.2) is 9.97 Å². The predicted octanol–water partition coefficient (Wildman–Crippen LogP) is 4.20. The van der Waals surface area contributed by atoms with Crippen molar-refractivity contribution in [1.29, 1.82) is 0 Å². The van der Waals surface area contributed by atoms with E-state index in [9.17, 15) is 9.90 Å². The minimum Gasteiger partial charge on any atom is -0.389 e. The molecular formula is C19H19N3O2S2. The molecule has 2 N–H and O–H groups in total. The van der Waals surface area contributed by atoms with E-state index < -0.39 is 0 Å². The van der Waals surface area contributed by atoms with Crippen LogP contribution < -0.4 is 5.32 Å². The van der Waals surface area contributed by atoms with E-state index in [1.165, 1.54) is 28.2 Å². The lowest BCUT2D eigenvalue weighted by Crippen LogP contribution is -2.33. The lowest BCUT2D eigenvalue weighted by molar-refractivity contribution is -0.122. The van der Waals surface area contributed by atoms with E-state index in [0.29, 0.717) is 16.1 Å². The highest BCUT2D eigenvalue weighted by atomic mass is 32.1. The molecule has 2 heterocycles. The van der Waals surface area contributed by atoms with Crippen LogP contribution in [0.2, 0.25) is 0 Å². The fraction of sp³-hybridized carbons (Fsp3) is 0.316. The summed E-state index contributed by atoms with van der Waals surface area (Å²) >= 11 is 2.86. The molecule has 0 atom stereocenters. The van der Waals surface area contributed by atoms with Crippen LogP contribution >= 0.6 is 22.7 Å². The van der Waals surface area contributed by atoms with Crippen molar-refractivity contribution >= 4 is 33.7 Å². The van der Waals surface area contributed by atoms with E-state index in [4.69, 9.17) is 0 Å². The number of hydrogen-bond donors (Lipinski definition) is 2. The van der Waals surface area contributed by atoms with Crippen molar-refractivity contribution in [3.63, 3.8) is 0 Å². The number of carbonyl (C=O) groups is 1. The van der Waals surface area contributed by atoms with Crippen LogP contribution in [0.1, 0.15) is 35.0 Å². The first-order valence-corrected chi connectivity index (χ1v) is 10.2. The molecule has 5 nitrogen and oxygen atoms in total. The lowest BCUT2D eigenvalue weighted by atomic mass is 9.71. The molecule has 26 heavy (non-hydrogen) atoms. The van der Waals surface area contributed by atoms with E-state index in [0.717, 1.165) is 29.1 Å². The molecule has 0 radical (unpaired) electrons. The van der Waals surface area contributed by atoms with E-state index in [2.05, 4.69) is 27.4 Å². The van der Waals surface area contributed by atoms with Crippen LogP contribution in [0.5, 0.6) is 0 Å². The summed E-state index contributed by atoms with van der Waals surface area (Å²) in [4.78, 5) is 22.2. The Kier molecular flexibility index (Phi) is 4.84. The molecular weight excluding hydrogens is 366 g/mol. The minimum atomic E-state index is -0.0660. The first-order valence-electron chi connectivity index (χ1n) is 8.53. The number of aliphatic hydroxyl groups is 1. The van der Waals surface area contributed by atoms with Crippen molar-refractivity contribution in [3.8, 4) is 10.6 Å². The van der Waals surface area contributed by atoms with Gasteiger partial charge < -0.3 is 10.4 Å². The monoisotopic (exact) mass is 385 g/mol. The molecule has 1 fully saturated rings. The predicted molar refractivity (Wildman–Crippen MR) is 104 cm³/mol. The second-order valence-corrected chi connectivity index (χ2v) is 8.43. The van der Waals surface area contributed by atoms with Gasteiger partial charge in [0.15, 0.2) is 5.13 Å². The first kappa shape index (κ1) is 17.3. The number of thiazole rings is 2. The third-order valence-corrected chi connectivity index (χ3v) is 6.65. The first-order chi connectivity index (χ1) is 12.6. The maximum atomic E-state index is 12.4. The zero-order valence-electron chi connectivity index (χ0n) is 14.3. The number of nitrogens with one attached hydrogen (secondary N) is 1. The average Bonchev–Trinajstić information content (AvgIpc) is 3.20. The number of nitrogens with zero attached hydrogens (tertiary/aromatic N) is 2. The highest BCUT2D eigenvalue weighted by Crippen LogP contribution is 2.42. The van der Waals surface area contributed by atoms with Gasteiger partial charge in [-0.1, -0.05) is 30.3 Å². The SMILES string of the molecule is Cc1nc(CO)sc1-c1csc(NC(=O)C2CC(c3ccccc3)C2)n1. The number of aryl methyl sites for hydroxylation is 1. The highest BCUT2D eigenvalue weighted by Gasteiger charge is 2.35. The number of hydrogen-bond acceptors (Lipinski definition) is 6. The van der Waals surface area contributed by atoms with Gasteiger partial charge in [-0.3, -0.25) is 4.79 Å². The van der Waals surface area contributed by atoms with Crippen LogP contribution in [-0.2, 0) is 11.4 Å². The molecule has 0 bridgehead atoms. The normalized spacial score (nSPS) is 19.2. The van der Waals surface area contributed by atoms with Crippen LogP contribution in [0.3, 0.4) is 0 Å². The summed E-state index contributed by atoms with van der Waals surface area (Å²) in [5.74, 6) is 0.587. The average molecular weight is 386 g/mol. The highest BCUT2D eigenvalue weighted by molar-refractivity contribution is 7.17. The Bertz CT molecular complexity index is 914. The van der Waals surface area contributed by atoms with Gasteiger partial charge in [-0.15, -0.1) is 22.7 Å². The summed E-state index contributed by atoms with van der Waals surface area (Å²) in [6, 6.07) is 10.4. The molecule has 1 aromatic carbocycles. The Balaban J connectivity index is 1.37. The summed E-state index contributed by atoms with van der Waals surface area (Å²) < 4.78 is 0. The summed E-state index contributed by atoms with van der Waals surface area (Å²) in [6.07, 6.45) is 1.78. The van der Waals surface area contributed by atoms with Crippen molar-refractivity contribution in [2.24, 2.45) is 5.92 Å². The van der Waals surface area contributed by atoms with E-state index in [-0.39, 0.29) is 18.4 Å². The summed E-state index contributed by atoms with van der Waals surface area (Å²) in [5.41, 5.74) is 2.97. The van der Waals surface area contributed by atoms with Crippen LogP contribution in [-0.4, -0.2) is 21.0 Å². The van der Waals surface area contributed by atoms with Gasteiger partial charge in [-0.05, 0) is 31.2 Å². The molecule has 3 aromatic rings. The molecule has 0 saturated heterocycles. The second kappa shape index (κ2) is 7.26. The molecule has 0 spiro atoms. The van der Waals surface area contributed by atoms with Gasteiger partial charge in [0.2, 0.25) is 5.91 Å². The fourth-order valence-corrected chi connectivity index (χ4v) is 4.89. The smallest absolute Gasteiger partial charge is 0.229 e. The van der Waals surface area contributed by atoms with Gasteiger partial charge in [0.25, 0.3) is 0 Å². The standard InChI is InChI=1S/C19H19N3O2S2/c1-11-17(26-16(9-23)20-11)15-10-25-19(21-15)22-18(24)14-7-13(8-14)12-5-3-2-4-6-12/h2-6,10,13-14,23H,7-9H2,1H3,(H,21,22,24). The van der Waals surface area contributed by atoms with Crippen molar-refractivity contribution in [3.05, 3.63) is 52.0 Å². The molecule has 1 saturated carbocycles. The maximum Gasteiger partial charge on any atom is 0.229 e. The van der Waals surface area contributed by atoms with Crippen LogP contribution in [0.15, 0.2) is 35.7 Å². The van der Waals surface area contributed by atoms with Gasteiger partial charge in [0.1, 0.15) is 5.01 Å². The number of anilines is 1. The zero-order chi connectivity index (χ0) is 18.1. The number of benzene rings is 1. The molecule has 2 aromatic heterocycles. The van der Waals surface area contributed by atoms with Crippen molar-refractivity contribution in [2.45, 2.75) is 32.3 Å². The van der Waals surface area contributed by atoms with Crippen molar-refractivity contribution in [2.75, 3.05) is 5.32 Å². The summed E-state index contributed by atoms with van der Waals surface area (Å²) in [5, 5.41) is 15.4. The van der Waals surface area contributed by atoms with Gasteiger partial charge in [-0.2, -0.15) is 0 Å². The Hall–Kier alpha value is -2.09. The Morgan fingerprint density at radius 3 is 2.73 bits per heavy atom. The second-order valence-electron chi connectivity index (χ2n) is 6.48. The van der Waals surface area contributed by atoms with Crippen LogP contribution in [0, 0.1) is 12.8 Å². The van der Waals surface area contributed by atoms with E-state index in [1.807, 2.05) is 30.5 Å².